The predicted molar refractivity (Wildman–Crippen MR) is 78.1 cm³/mol. The van der Waals surface area contributed by atoms with Crippen LogP contribution in [0.1, 0.15) is 24.0 Å². The molecule has 1 heterocycles. The second-order valence-electron chi connectivity index (χ2n) is 5.49. The molecule has 0 saturated carbocycles. The summed E-state index contributed by atoms with van der Waals surface area (Å²) in [6.07, 6.45) is 2.67. The van der Waals surface area contributed by atoms with E-state index in [1.165, 1.54) is 38.0 Å². The molecule has 0 amide bonds. The lowest BCUT2D eigenvalue weighted by molar-refractivity contribution is 0.237. The molecule has 1 aromatic rings. The third-order valence-electron chi connectivity index (χ3n) is 3.66. The number of hydrogen-bond acceptors (Lipinski definition) is 2. The molecule has 0 aromatic heterocycles. The quantitative estimate of drug-likeness (QED) is 0.901. The van der Waals surface area contributed by atoms with Crippen LogP contribution in [0.4, 0.5) is 0 Å². The number of nitrogens with zero attached hydrogens (tertiary/aromatic N) is 1. The fourth-order valence-corrected chi connectivity index (χ4v) is 2.83. The van der Waals surface area contributed by atoms with Crippen LogP contribution in [0.15, 0.2) is 18.2 Å². The van der Waals surface area contributed by atoms with Crippen LogP contribution in [-0.2, 0) is 6.54 Å². The van der Waals surface area contributed by atoms with Crippen LogP contribution in [0.25, 0.3) is 0 Å². The Morgan fingerprint density at radius 3 is 2.94 bits per heavy atom. The molecule has 1 unspecified atom stereocenters. The third-order valence-corrected chi connectivity index (χ3v) is 4.06. The standard InChI is InChI=1S/C15H23ClN2/c1-12-5-6-13(8-15(12)16)10-18(2)11-14-4-3-7-17-9-14/h5-6,8,14,17H,3-4,7,9-11H2,1-2H3. The average Bonchev–Trinajstić information content (AvgIpc) is 2.35. The van der Waals surface area contributed by atoms with Crippen molar-refractivity contribution in [1.29, 1.82) is 0 Å². The summed E-state index contributed by atoms with van der Waals surface area (Å²) in [4.78, 5) is 2.40. The summed E-state index contributed by atoms with van der Waals surface area (Å²) < 4.78 is 0. The Kier molecular flexibility index (Phi) is 5.04. The largest absolute Gasteiger partial charge is 0.316 e. The first kappa shape index (κ1) is 13.9. The van der Waals surface area contributed by atoms with Crippen LogP contribution in [0.2, 0.25) is 5.02 Å². The first-order valence-electron chi connectivity index (χ1n) is 6.79. The smallest absolute Gasteiger partial charge is 0.0438 e. The van der Waals surface area contributed by atoms with Gasteiger partial charge in [-0.15, -0.1) is 0 Å². The van der Waals surface area contributed by atoms with Crippen molar-refractivity contribution in [1.82, 2.24) is 10.2 Å². The maximum atomic E-state index is 6.16. The molecule has 0 spiro atoms. The van der Waals surface area contributed by atoms with Gasteiger partial charge in [-0.25, -0.2) is 0 Å². The summed E-state index contributed by atoms with van der Waals surface area (Å²) in [6.45, 7) is 6.55. The highest BCUT2D eigenvalue weighted by molar-refractivity contribution is 6.31. The molecule has 1 fully saturated rings. The Labute approximate surface area is 115 Å². The van der Waals surface area contributed by atoms with Crippen molar-refractivity contribution in [2.45, 2.75) is 26.3 Å². The van der Waals surface area contributed by atoms with E-state index < -0.39 is 0 Å². The van der Waals surface area contributed by atoms with Gasteiger partial charge < -0.3 is 10.2 Å². The lowest BCUT2D eigenvalue weighted by Crippen LogP contribution is -2.36. The Balaban J connectivity index is 1.85. The van der Waals surface area contributed by atoms with Crippen molar-refractivity contribution < 1.29 is 0 Å². The van der Waals surface area contributed by atoms with Crippen LogP contribution >= 0.6 is 11.6 Å². The van der Waals surface area contributed by atoms with Crippen LogP contribution < -0.4 is 5.32 Å². The highest BCUT2D eigenvalue weighted by Gasteiger charge is 2.15. The number of rotatable bonds is 4. The molecule has 100 valence electrons. The van der Waals surface area contributed by atoms with Crippen molar-refractivity contribution in [2.75, 3.05) is 26.7 Å². The zero-order chi connectivity index (χ0) is 13.0. The van der Waals surface area contributed by atoms with Gasteiger partial charge in [0.2, 0.25) is 0 Å². The molecule has 18 heavy (non-hydrogen) atoms. The number of benzene rings is 1. The van der Waals surface area contributed by atoms with Crippen LogP contribution in [-0.4, -0.2) is 31.6 Å². The van der Waals surface area contributed by atoms with Crippen molar-refractivity contribution in [2.24, 2.45) is 5.92 Å². The average molecular weight is 267 g/mol. The molecule has 1 atom stereocenters. The van der Waals surface area contributed by atoms with Gasteiger partial charge >= 0.3 is 0 Å². The van der Waals surface area contributed by atoms with E-state index in [1.807, 2.05) is 6.92 Å². The molecule has 0 bridgehead atoms. The summed E-state index contributed by atoms with van der Waals surface area (Å²) in [6, 6.07) is 6.37. The van der Waals surface area contributed by atoms with Crippen molar-refractivity contribution in [3.63, 3.8) is 0 Å². The number of nitrogens with one attached hydrogen (secondary N) is 1. The summed E-state index contributed by atoms with van der Waals surface area (Å²) in [5.74, 6) is 0.796. The van der Waals surface area contributed by atoms with E-state index in [2.05, 4.69) is 35.5 Å². The monoisotopic (exact) mass is 266 g/mol. The van der Waals surface area contributed by atoms with Gasteiger partial charge in [0, 0.05) is 18.1 Å². The molecule has 1 aromatic carbocycles. The highest BCUT2D eigenvalue weighted by atomic mass is 35.5. The third kappa shape index (κ3) is 3.98. The van der Waals surface area contributed by atoms with Gasteiger partial charge in [-0.05, 0) is 63.0 Å². The van der Waals surface area contributed by atoms with Crippen LogP contribution in [0.5, 0.6) is 0 Å². The van der Waals surface area contributed by atoms with Gasteiger partial charge in [-0.3, -0.25) is 0 Å². The topological polar surface area (TPSA) is 15.3 Å². The Morgan fingerprint density at radius 1 is 1.44 bits per heavy atom. The summed E-state index contributed by atoms with van der Waals surface area (Å²) in [5.41, 5.74) is 2.46. The fraction of sp³-hybridized carbons (Fsp3) is 0.600. The first-order valence-corrected chi connectivity index (χ1v) is 7.17. The fourth-order valence-electron chi connectivity index (χ4n) is 2.63. The minimum Gasteiger partial charge on any atom is -0.316 e. The second kappa shape index (κ2) is 6.55. The number of piperidine rings is 1. The molecule has 1 aliphatic rings. The molecule has 1 N–H and O–H groups in total. The molecule has 0 radical (unpaired) electrons. The van der Waals surface area contributed by atoms with Gasteiger partial charge in [0.05, 0.1) is 0 Å². The van der Waals surface area contributed by atoms with Gasteiger partial charge in [-0.2, -0.15) is 0 Å². The van der Waals surface area contributed by atoms with E-state index in [0.29, 0.717) is 0 Å². The minimum absolute atomic E-state index is 0.796. The van der Waals surface area contributed by atoms with Gasteiger partial charge in [0.25, 0.3) is 0 Å². The van der Waals surface area contributed by atoms with Crippen molar-refractivity contribution in [3.8, 4) is 0 Å². The molecule has 2 rings (SSSR count). The summed E-state index contributed by atoms with van der Waals surface area (Å²) in [7, 11) is 2.20. The van der Waals surface area contributed by atoms with E-state index >= 15 is 0 Å². The minimum atomic E-state index is 0.796. The van der Waals surface area contributed by atoms with E-state index in [9.17, 15) is 0 Å². The zero-order valence-electron chi connectivity index (χ0n) is 11.4. The van der Waals surface area contributed by atoms with E-state index in [4.69, 9.17) is 11.6 Å². The molecular weight excluding hydrogens is 244 g/mol. The summed E-state index contributed by atoms with van der Waals surface area (Å²) in [5, 5.41) is 4.35. The van der Waals surface area contributed by atoms with Gasteiger partial charge in [0.1, 0.15) is 0 Å². The number of halogens is 1. The molecule has 2 nitrogen and oxygen atoms in total. The van der Waals surface area contributed by atoms with Crippen LogP contribution in [0, 0.1) is 12.8 Å². The molecule has 1 saturated heterocycles. The maximum absolute atomic E-state index is 6.16. The SMILES string of the molecule is Cc1ccc(CN(C)CC2CCCNC2)cc1Cl. The van der Waals surface area contributed by atoms with E-state index in [1.54, 1.807) is 0 Å². The lowest BCUT2D eigenvalue weighted by Gasteiger charge is -2.27. The number of aryl methyl sites for hydroxylation is 1. The maximum Gasteiger partial charge on any atom is 0.0438 e. The first-order chi connectivity index (χ1) is 8.65. The van der Waals surface area contributed by atoms with Gasteiger partial charge in [-0.1, -0.05) is 23.7 Å². The summed E-state index contributed by atoms with van der Waals surface area (Å²) >= 11 is 6.16. The lowest BCUT2D eigenvalue weighted by atomic mass is 9.99. The highest BCUT2D eigenvalue weighted by Crippen LogP contribution is 2.18. The second-order valence-corrected chi connectivity index (χ2v) is 5.90. The Morgan fingerprint density at radius 2 is 2.28 bits per heavy atom. The van der Waals surface area contributed by atoms with Gasteiger partial charge in [0.15, 0.2) is 0 Å². The predicted octanol–water partition coefficient (Wildman–Crippen LogP) is 3.08. The Hall–Kier alpha value is -0.570. The Bertz CT molecular complexity index is 386. The molecule has 0 aliphatic carbocycles. The zero-order valence-corrected chi connectivity index (χ0v) is 12.1. The van der Waals surface area contributed by atoms with E-state index in [-0.39, 0.29) is 0 Å². The van der Waals surface area contributed by atoms with E-state index in [0.717, 1.165) is 23.0 Å². The normalized spacial score (nSPS) is 20.3. The van der Waals surface area contributed by atoms with Crippen molar-refractivity contribution >= 4 is 11.6 Å². The molecule has 1 aliphatic heterocycles. The van der Waals surface area contributed by atoms with Crippen molar-refractivity contribution in [3.05, 3.63) is 34.3 Å². The number of hydrogen-bond donors (Lipinski definition) is 1. The van der Waals surface area contributed by atoms with Crippen LogP contribution in [0.3, 0.4) is 0 Å². The molecular formula is C15H23ClN2. The molecule has 3 heteroatoms.